The van der Waals surface area contributed by atoms with Crippen LogP contribution in [-0.2, 0) is 21.3 Å². The Hall–Kier alpha value is -2.14. The van der Waals surface area contributed by atoms with Crippen LogP contribution in [0.15, 0.2) is 54.6 Å². The molecule has 0 radical (unpaired) electrons. The lowest BCUT2D eigenvalue weighted by molar-refractivity contribution is -0.00600. The highest BCUT2D eigenvalue weighted by Crippen LogP contribution is 2.61. The van der Waals surface area contributed by atoms with Crippen LogP contribution in [0, 0.1) is 17.8 Å². The molecular weight excluding hydrogens is 455 g/mol. The van der Waals surface area contributed by atoms with Crippen molar-refractivity contribution in [1.29, 1.82) is 0 Å². The zero-order valence-electron chi connectivity index (χ0n) is 22.7. The summed E-state index contributed by atoms with van der Waals surface area (Å²) in [5, 5.41) is 12.7. The molecule has 0 amide bonds. The summed E-state index contributed by atoms with van der Waals surface area (Å²) in [7, 11) is -0.344. The lowest BCUT2D eigenvalue weighted by Gasteiger charge is -2.57. The maximum Gasteiger partial charge on any atom is 0.494 e. The number of aliphatic hydroxyl groups is 1. The highest BCUT2D eigenvalue weighted by molar-refractivity contribution is 6.62. The second-order valence-corrected chi connectivity index (χ2v) is 13.6. The van der Waals surface area contributed by atoms with Crippen LogP contribution in [0.3, 0.4) is 0 Å². The summed E-state index contributed by atoms with van der Waals surface area (Å²) in [5.41, 5.74) is 5.73. The molecule has 0 spiro atoms. The molecule has 4 aliphatic carbocycles. The molecule has 3 aromatic rings. The van der Waals surface area contributed by atoms with E-state index < -0.39 is 0 Å². The first-order chi connectivity index (χ1) is 17.6. The van der Waals surface area contributed by atoms with Gasteiger partial charge in [-0.3, -0.25) is 0 Å². The first-order valence-electron chi connectivity index (χ1n) is 14.3. The third kappa shape index (κ3) is 3.82. The van der Waals surface area contributed by atoms with Crippen LogP contribution in [0.4, 0.5) is 0 Å². The second kappa shape index (κ2) is 8.18. The van der Waals surface area contributed by atoms with Gasteiger partial charge in [-0.2, -0.15) is 0 Å². The summed E-state index contributed by atoms with van der Waals surface area (Å²) in [6, 6.07) is 20.1. The van der Waals surface area contributed by atoms with E-state index in [0.29, 0.717) is 0 Å². The van der Waals surface area contributed by atoms with Crippen molar-refractivity contribution in [2.45, 2.75) is 89.4 Å². The van der Waals surface area contributed by atoms with Gasteiger partial charge in [0.1, 0.15) is 0 Å². The number of benzene rings is 3. The number of aliphatic hydroxyl groups excluding tert-OH is 1. The highest BCUT2D eigenvalue weighted by atomic mass is 16.7. The van der Waals surface area contributed by atoms with Crippen LogP contribution >= 0.6 is 0 Å². The minimum atomic E-state index is -0.344. The Morgan fingerprint density at radius 3 is 1.89 bits per heavy atom. The summed E-state index contributed by atoms with van der Waals surface area (Å²) < 4.78 is 12.6. The molecule has 0 atom stereocenters. The Morgan fingerprint density at radius 2 is 1.27 bits per heavy atom. The molecule has 3 nitrogen and oxygen atoms in total. The molecule has 4 saturated carbocycles. The van der Waals surface area contributed by atoms with E-state index in [1.807, 2.05) is 0 Å². The van der Waals surface area contributed by atoms with Crippen molar-refractivity contribution >= 4 is 23.4 Å². The topological polar surface area (TPSA) is 38.7 Å². The lowest BCUT2D eigenvalue weighted by atomic mass is 9.47. The third-order valence-electron chi connectivity index (χ3n) is 10.6. The smallest absolute Gasteiger partial charge is 0.399 e. The van der Waals surface area contributed by atoms with Crippen molar-refractivity contribution in [3.05, 3.63) is 65.7 Å². The molecule has 5 fully saturated rings. The van der Waals surface area contributed by atoms with Gasteiger partial charge in [0.2, 0.25) is 0 Å². The zero-order chi connectivity index (χ0) is 25.6. The number of hydrogen-bond donors (Lipinski definition) is 1. The molecule has 0 unspecified atom stereocenters. The number of hydrogen-bond acceptors (Lipinski definition) is 3. The first kappa shape index (κ1) is 23.9. The van der Waals surface area contributed by atoms with Gasteiger partial charge in [0, 0.05) is 0 Å². The van der Waals surface area contributed by atoms with Gasteiger partial charge in [-0.1, -0.05) is 48.5 Å². The molecule has 1 aliphatic heterocycles. The maximum absolute atomic E-state index is 10.3. The Morgan fingerprint density at radius 1 is 0.730 bits per heavy atom. The standard InChI is InChI=1S/C33H39BO3/c1-31(2)32(3,4)37-34(36-31)29-10-9-25-14-24(5-6-26(25)15-29)27-7-8-28(20-35)30(16-27)33-17-21-11-22(18-33)13-23(12-21)19-33/h5-10,14-16,21-23,35H,11-13,17-20H2,1-4H3. The van der Waals surface area contributed by atoms with Gasteiger partial charge < -0.3 is 14.4 Å². The normalized spacial score (nSPS) is 31.4. The van der Waals surface area contributed by atoms with Crippen LogP contribution in [0.2, 0.25) is 0 Å². The molecule has 0 aromatic heterocycles. The molecule has 192 valence electrons. The van der Waals surface area contributed by atoms with Gasteiger partial charge in [0.15, 0.2) is 0 Å². The van der Waals surface area contributed by atoms with Gasteiger partial charge in [-0.15, -0.1) is 0 Å². The molecular formula is C33H39BO3. The van der Waals surface area contributed by atoms with E-state index in [1.54, 1.807) is 0 Å². The van der Waals surface area contributed by atoms with E-state index in [1.165, 1.54) is 66.0 Å². The average molecular weight is 494 g/mol. The largest absolute Gasteiger partial charge is 0.494 e. The predicted octanol–water partition coefficient (Wildman–Crippen LogP) is 6.77. The van der Waals surface area contributed by atoms with Crippen molar-refractivity contribution in [2.24, 2.45) is 17.8 Å². The van der Waals surface area contributed by atoms with Crippen molar-refractivity contribution in [2.75, 3.05) is 0 Å². The Bertz CT molecular complexity index is 1320. The zero-order valence-corrected chi connectivity index (χ0v) is 22.7. The number of rotatable bonds is 4. The van der Waals surface area contributed by atoms with E-state index in [9.17, 15) is 5.11 Å². The van der Waals surface area contributed by atoms with Crippen molar-refractivity contribution in [1.82, 2.24) is 0 Å². The van der Waals surface area contributed by atoms with E-state index in [2.05, 4.69) is 82.3 Å². The van der Waals surface area contributed by atoms with E-state index in [-0.39, 0.29) is 30.3 Å². The summed E-state index contributed by atoms with van der Waals surface area (Å²) in [6.07, 6.45) is 8.25. The maximum atomic E-state index is 10.3. The Balaban J connectivity index is 1.22. The minimum Gasteiger partial charge on any atom is -0.399 e. The van der Waals surface area contributed by atoms with Crippen LogP contribution < -0.4 is 5.46 Å². The summed E-state index contributed by atoms with van der Waals surface area (Å²) >= 11 is 0. The van der Waals surface area contributed by atoms with Gasteiger partial charge in [0.05, 0.1) is 17.8 Å². The van der Waals surface area contributed by atoms with E-state index >= 15 is 0 Å². The predicted molar refractivity (Wildman–Crippen MR) is 151 cm³/mol. The molecule has 37 heavy (non-hydrogen) atoms. The van der Waals surface area contributed by atoms with Gasteiger partial charge in [-0.25, -0.2) is 0 Å². The van der Waals surface area contributed by atoms with Crippen molar-refractivity contribution < 1.29 is 14.4 Å². The van der Waals surface area contributed by atoms with Crippen molar-refractivity contribution in [3.63, 3.8) is 0 Å². The van der Waals surface area contributed by atoms with Crippen LogP contribution in [0.25, 0.3) is 21.9 Å². The summed E-state index contributed by atoms with van der Waals surface area (Å²) in [6.45, 7) is 8.52. The fourth-order valence-electron chi connectivity index (χ4n) is 8.40. The van der Waals surface area contributed by atoms with Gasteiger partial charge >= 0.3 is 7.12 Å². The van der Waals surface area contributed by atoms with Crippen LogP contribution in [-0.4, -0.2) is 23.4 Å². The Labute approximate surface area is 221 Å². The Kier molecular flexibility index (Phi) is 5.29. The highest BCUT2D eigenvalue weighted by Gasteiger charge is 2.53. The first-order valence-corrected chi connectivity index (χ1v) is 14.3. The van der Waals surface area contributed by atoms with Crippen LogP contribution in [0.5, 0.6) is 0 Å². The monoisotopic (exact) mass is 494 g/mol. The fourth-order valence-corrected chi connectivity index (χ4v) is 8.40. The molecule has 5 aliphatic rings. The van der Waals surface area contributed by atoms with Crippen LogP contribution in [0.1, 0.15) is 77.3 Å². The summed E-state index contributed by atoms with van der Waals surface area (Å²) in [5.74, 6) is 2.67. The minimum absolute atomic E-state index is 0.136. The average Bonchev–Trinajstić information content (AvgIpc) is 3.08. The lowest BCUT2D eigenvalue weighted by Crippen LogP contribution is -2.49. The molecule has 1 saturated heterocycles. The molecule has 8 rings (SSSR count). The molecule has 1 heterocycles. The van der Waals surface area contributed by atoms with Gasteiger partial charge in [0.25, 0.3) is 0 Å². The SMILES string of the molecule is CC1(C)OB(c2ccc3cc(-c4ccc(CO)c(C56CC7CC(CC(C7)C5)C6)c4)ccc3c2)OC1(C)C. The van der Waals surface area contributed by atoms with Crippen molar-refractivity contribution in [3.8, 4) is 11.1 Å². The quantitative estimate of drug-likeness (QED) is 0.407. The molecule has 4 bridgehead atoms. The van der Waals surface area contributed by atoms with Gasteiger partial charge in [-0.05, 0) is 134 Å². The number of fused-ring (bicyclic) bond motifs is 1. The molecule has 1 N–H and O–H groups in total. The summed E-state index contributed by atoms with van der Waals surface area (Å²) in [4.78, 5) is 0. The molecule has 3 aromatic carbocycles. The van der Waals surface area contributed by atoms with E-state index in [4.69, 9.17) is 9.31 Å². The fraction of sp³-hybridized carbons (Fsp3) is 0.515. The second-order valence-electron chi connectivity index (χ2n) is 13.6. The molecule has 4 heteroatoms. The third-order valence-corrected chi connectivity index (χ3v) is 10.6. The van der Waals surface area contributed by atoms with E-state index in [0.717, 1.165) is 28.8 Å².